The quantitative estimate of drug-likeness (QED) is 0.774. The van der Waals surface area contributed by atoms with Crippen LogP contribution in [-0.2, 0) is 0 Å². The minimum absolute atomic E-state index is 0.577. The SMILES string of the molecule is CC(CNC(C)C)CSc1ccc2ccccc2c1. The maximum Gasteiger partial charge on any atom is 0.00784 e. The Balaban J connectivity index is 1.90. The molecule has 0 saturated heterocycles. The van der Waals surface area contributed by atoms with Crippen molar-refractivity contribution >= 4 is 22.5 Å². The number of fused-ring (bicyclic) bond motifs is 1. The van der Waals surface area contributed by atoms with E-state index in [1.165, 1.54) is 15.7 Å². The summed E-state index contributed by atoms with van der Waals surface area (Å²) in [4.78, 5) is 1.37. The van der Waals surface area contributed by atoms with Crippen LogP contribution in [0.2, 0.25) is 0 Å². The van der Waals surface area contributed by atoms with E-state index in [-0.39, 0.29) is 0 Å². The molecule has 0 aliphatic carbocycles. The minimum Gasteiger partial charge on any atom is -0.314 e. The number of rotatable bonds is 6. The van der Waals surface area contributed by atoms with Crippen LogP contribution in [0.25, 0.3) is 10.8 Å². The Morgan fingerprint density at radius 1 is 1.00 bits per heavy atom. The summed E-state index contributed by atoms with van der Waals surface area (Å²) in [6.45, 7) is 7.80. The van der Waals surface area contributed by atoms with Crippen molar-refractivity contribution in [2.75, 3.05) is 12.3 Å². The van der Waals surface area contributed by atoms with E-state index in [2.05, 4.69) is 68.6 Å². The minimum atomic E-state index is 0.577. The maximum absolute atomic E-state index is 3.50. The molecule has 2 rings (SSSR count). The highest BCUT2D eigenvalue weighted by Gasteiger charge is 2.04. The lowest BCUT2D eigenvalue weighted by molar-refractivity contribution is 0.510. The number of thioether (sulfide) groups is 1. The Hall–Kier alpha value is -0.990. The van der Waals surface area contributed by atoms with Crippen LogP contribution in [0, 0.1) is 5.92 Å². The molecule has 0 bridgehead atoms. The summed E-state index contributed by atoms with van der Waals surface area (Å²) >= 11 is 1.96. The maximum atomic E-state index is 3.50. The second-order valence-corrected chi connectivity index (χ2v) is 6.58. The second kappa shape index (κ2) is 6.97. The van der Waals surface area contributed by atoms with Crippen LogP contribution >= 0.6 is 11.8 Å². The lowest BCUT2D eigenvalue weighted by Gasteiger charge is -2.14. The van der Waals surface area contributed by atoms with Gasteiger partial charge in [-0.2, -0.15) is 0 Å². The van der Waals surface area contributed by atoms with Gasteiger partial charge in [0.1, 0.15) is 0 Å². The molecule has 0 aromatic heterocycles. The second-order valence-electron chi connectivity index (χ2n) is 5.49. The molecular weight excluding hydrogens is 250 g/mol. The zero-order valence-electron chi connectivity index (χ0n) is 12.0. The van der Waals surface area contributed by atoms with Gasteiger partial charge in [0, 0.05) is 16.7 Å². The van der Waals surface area contributed by atoms with Crippen LogP contribution in [0.15, 0.2) is 47.4 Å². The first-order chi connectivity index (χ1) is 9.15. The zero-order valence-corrected chi connectivity index (χ0v) is 12.8. The normalized spacial score (nSPS) is 13.1. The van der Waals surface area contributed by atoms with Crippen LogP contribution in [0.3, 0.4) is 0 Å². The van der Waals surface area contributed by atoms with Gasteiger partial charge >= 0.3 is 0 Å². The highest BCUT2D eigenvalue weighted by molar-refractivity contribution is 7.99. The van der Waals surface area contributed by atoms with Crippen molar-refractivity contribution in [3.05, 3.63) is 42.5 Å². The van der Waals surface area contributed by atoms with Crippen molar-refractivity contribution in [2.45, 2.75) is 31.7 Å². The smallest absolute Gasteiger partial charge is 0.00784 e. The van der Waals surface area contributed by atoms with Crippen LogP contribution in [-0.4, -0.2) is 18.3 Å². The van der Waals surface area contributed by atoms with E-state index >= 15 is 0 Å². The molecule has 0 heterocycles. The van der Waals surface area contributed by atoms with Crippen molar-refractivity contribution in [2.24, 2.45) is 5.92 Å². The summed E-state index contributed by atoms with van der Waals surface area (Å²) in [6, 6.07) is 15.9. The summed E-state index contributed by atoms with van der Waals surface area (Å²) in [7, 11) is 0. The van der Waals surface area contributed by atoms with Gasteiger partial charge in [-0.25, -0.2) is 0 Å². The molecule has 0 fully saturated rings. The third-order valence-corrected chi connectivity index (χ3v) is 4.45. The van der Waals surface area contributed by atoms with E-state index < -0.39 is 0 Å². The molecule has 1 N–H and O–H groups in total. The Bertz CT molecular complexity index is 521. The van der Waals surface area contributed by atoms with Gasteiger partial charge in [0.2, 0.25) is 0 Å². The van der Waals surface area contributed by atoms with E-state index in [1.54, 1.807) is 0 Å². The van der Waals surface area contributed by atoms with E-state index in [1.807, 2.05) is 11.8 Å². The van der Waals surface area contributed by atoms with Crippen molar-refractivity contribution in [1.82, 2.24) is 5.32 Å². The molecule has 2 aromatic carbocycles. The molecule has 1 nitrogen and oxygen atoms in total. The molecule has 19 heavy (non-hydrogen) atoms. The van der Waals surface area contributed by atoms with Crippen molar-refractivity contribution < 1.29 is 0 Å². The molecule has 1 unspecified atom stereocenters. The van der Waals surface area contributed by atoms with Crippen molar-refractivity contribution in [1.29, 1.82) is 0 Å². The summed E-state index contributed by atoms with van der Waals surface area (Å²) in [5.74, 6) is 1.86. The van der Waals surface area contributed by atoms with Crippen LogP contribution in [0.4, 0.5) is 0 Å². The van der Waals surface area contributed by atoms with Gasteiger partial charge in [0.15, 0.2) is 0 Å². The van der Waals surface area contributed by atoms with Gasteiger partial charge in [0.25, 0.3) is 0 Å². The molecule has 0 spiro atoms. The molecule has 0 radical (unpaired) electrons. The van der Waals surface area contributed by atoms with Gasteiger partial charge in [0.05, 0.1) is 0 Å². The molecule has 0 amide bonds. The largest absolute Gasteiger partial charge is 0.314 e. The fourth-order valence-electron chi connectivity index (χ4n) is 1.99. The Morgan fingerprint density at radius 2 is 1.74 bits per heavy atom. The summed E-state index contributed by atoms with van der Waals surface area (Å²) in [5, 5.41) is 6.15. The highest BCUT2D eigenvalue weighted by Crippen LogP contribution is 2.25. The first-order valence-electron chi connectivity index (χ1n) is 7.00. The average molecular weight is 273 g/mol. The highest BCUT2D eigenvalue weighted by atomic mass is 32.2. The van der Waals surface area contributed by atoms with Crippen LogP contribution in [0.5, 0.6) is 0 Å². The summed E-state index contributed by atoms with van der Waals surface area (Å²) < 4.78 is 0. The Kier molecular flexibility index (Phi) is 5.29. The number of benzene rings is 2. The van der Waals surface area contributed by atoms with Gasteiger partial charge in [-0.05, 0) is 35.4 Å². The van der Waals surface area contributed by atoms with E-state index in [9.17, 15) is 0 Å². The lowest BCUT2D eigenvalue weighted by Crippen LogP contribution is -2.28. The molecular formula is C17H23NS. The predicted octanol–water partition coefficient (Wildman–Crippen LogP) is 4.57. The zero-order chi connectivity index (χ0) is 13.7. The van der Waals surface area contributed by atoms with Gasteiger partial charge in [-0.1, -0.05) is 51.1 Å². The Labute approximate surface area is 120 Å². The van der Waals surface area contributed by atoms with Crippen LogP contribution in [0.1, 0.15) is 20.8 Å². The fraction of sp³-hybridized carbons (Fsp3) is 0.412. The number of nitrogens with one attached hydrogen (secondary N) is 1. The fourth-order valence-corrected chi connectivity index (χ4v) is 2.96. The molecule has 2 aromatic rings. The molecule has 102 valence electrons. The predicted molar refractivity (Wildman–Crippen MR) is 87.0 cm³/mol. The monoisotopic (exact) mass is 273 g/mol. The molecule has 0 aliphatic heterocycles. The van der Waals surface area contributed by atoms with E-state index in [0.29, 0.717) is 12.0 Å². The van der Waals surface area contributed by atoms with E-state index in [4.69, 9.17) is 0 Å². The van der Waals surface area contributed by atoms with Gasteiger partial charge in [-0.15, -0.1) is 11.8 Å². The average Bonchev–Trinajstić information content (AvgIpc) is 2.42. The molecule has 0 saturated carbocycles. The molecule has 2 heteroatoms. The Morgan fingerprint density at radius 3 is 2.47 bits per heavy atom. The molecule has 1 atom stereocenters. The third-order valence-electron chi connectivity index (χ3n) is 3.13. The standard InChI is InChI=1S/C17H23NS/c1-13(2)18-11-14(3)12-19-17-9-8-15-6-4-5-7-16(15)10-17/h4-10,13-14,18H,11-12H2,1-3H3. The van der Waals surface area contributed by atoms with Gasteiger partial charge in [-0.3, -0.25) is 0 Å². The molecule has 0 aliphatic rings. The summed E-state index contributed by atoms with van der Waals surface area (Å²) in [5.41, 5.74) is 0. The van der Waals surface area contributed by atoms with Crippen molar-refractivity contribution in [3.63, 3.8) is 0 Å². The van der Waals surface area contributed by atoms with Crippen molar-refractivity contribution in [3.8, 4) is 0 Å². The van der Waals surface area contributed by atoms with Gasteiger partial charge < -0.3 is 5.32 Å². The number of hydrogen-bond donors (Lipinski definition) is 1. The summed E-state index contributed by atoms with van der Waals surface area (Å²) in [6.07, 6.45) is 0. The topological polar surface area (TPSA) is 12.0 Å². The lowest BCUT2D eigenvalue weighted by atomic mass is 10.1. The number of hydrogen-bond acceptors (Lipinski definition) is 2. The third kappa shape index (κ3) is 4.55. The van der Waals surface area contributed by atoms with Crippen LogP contribution < -0.4 is 5.32 Å². The van der Waals surface area contributed by atoms with E-state index in [0.717, 1.165) is 12.3 Å². The first kappa shape index (κ1) is 14.4. The first-order valence-corrected chi connectivity index (χ1v) is 7.98.